The van der Waals surface area contributed by atoms with Crippen molar-refractivity contribution in [2.75, 3.05) is 0 Å². The molecule has 12 nitrogen and oxygen atoms in total. The van der Waals surface area contributed by atoms with Crippen LogP contribution in [0.4, 0.5) is 0 Å². The van der Waals surface area contributed by atoms with E-state index < -0.39 is 27.6 Å². The van der Waals surface area contributed by atoms with Crippen molar-refractivity contribution < 1.29 is 58.3 Å². The van der Waals surface area contributed by atoms with E-state index in [0.717, 1.165) is 0 Å². The molecule has 0 saturated heterocycles. The second-order valence-corrected chi connectivity index (χ2v) is 5.25. The number of rotatable bonds is 2. The molecule has 0 saturated carbocycles. The van der Waals surface area contributed by atoms with Gasteiger partial charge in [0.15, 0.2) is 0 Å². The molecular weight excluding hydrogens is 374 g/mol. The Hall–Kier alpha value is -1.36. The summed E-state index contributed by atoms with van der Waals surface area (Å²) in [6.45, 7) is 13.2. The zero-order valence-electron chi connectivity index (χ0n) is 13.5. The first-order valence-corrected chi connectivity index (χ1v) is 8.76. The largest absolute Gasteiger partial charge is 0.478 e. The fourth-order valence-electron chi connectivity index (χ4n) is 0. The molecule has 0 atom stereocenters. The first kappa shape index (κ1) is 34.1. The Labute approximate surface area is 138 Å². The number of carboxylic acids is 2. The van der Waals surface area contributed by atoms with Crippen LogP contribution >= 0.6 is 15.6 Å². The monoisotopic (exact) mass is 398 g/mol. The van der Waals surface area contributed by atoms with Crippen LogP contribution in [0.1, 0.15) is 27.7 Å². The molecule has 0 bridgehead atoms. The summed E-state index contributed by atoms with van der Waals surface area (Å²) in [6.07, 6.45) is 0. The summed E-state index contributed by atoms with van der Waals surface area (Å²) in [5, 5.41) is 15.8. The quantitative estimate of drug-likeness (QED) is 0.234. The predicted octanol–water partition coefficient (Wildman–Crippen LogP) is 0.463. The van der Waals surface area contributed by atoms with Gasteiger partial charge in [0.25, 0.3) is 0 Å². The van der Waals surface area contributed by atoms with Gasteiger partial charge in [0.05, 0.1) is 0 Å². The highest BCUT2D eigenvalue weighted by Crippen LogP contribution is 2.26. The summed E-state index contributed by atoms with van der Waals surface area (Å²) in [5.74, 6) is -1.87. The SMILES string of the molecule is C=C(C)C(=O)O.C=C(C)C(=O)O.CC.O=P(O)(O)O.O=P(O)(O)O. The molecule has 0 spiro atoms. The van der Waals surface area contributed by atoms with Gasteiger partial charge in [-0.1, -0.05) is 27.0 Å². The Balaban J connectivity index is -0.0000000647. The summed E-state index contributed by atoms with van der Waals surface area (Å²) >= 11 is 0. The van der Waals surface area contributed by atoms with Crippen molar-refractivity contribution in [2.24, 2.45) is 0 Å². The van der Waals surface area contributed by atoms with E-state index in [9.17, 15) is 9.59 Å². The molecule has 0 aromatic heterocycles. The third kappa shape index (κ3) is 181. The van der Waals surface area contributed by atoms with Gasteiger partial charge in [-0.15, -0.1) is 0 Å². The third-order valence-electron chi connectivity index (χ3n) is 0.730. The zero-order chi connectivity index (χ0) is 21.3. The van der Waals surface area contributed by atoms with Crippen molar-refractivity contribution in [2.45, 2.75) is 27.7 Å². The molecule has 0 aliphatic carbocycles. The first-order chi connectivity index (χ1) is 10.3. The van der Waals surface area contributed by atoms with Gasteiger partial charge in [-0.3, -0.25) is 0 Å². The maximum Gasteiger partial charge on any atom is 0.466 e. The van der Waals surface area contributed by atoms with Crippen molar-refractivity contribution in [3.05, 3.63) is 24.3 Å². The van der Waals surface area contributed by atoms with Gasteiger partial charge in [0, 0.05) is 11.1 Å². The minimum absolute atomic E-state index is 0.176. The number of hydrogen-bond donors (Lipinski definition) is 8. The van der Waals surface area contributed by atoms with Crippen LogP contribution in [0.15, 0.2) is 24.3 Å². The normalized spacial score (nSPS) is 8.92. The van der Waals surface area contributed by atoms with Crippen molar-refractivity contribution >= 4 is 27.6 Å². The highest BCUT2D eigenvalue weighted by molar-refractivity contribution is 7.45. The fourth-order valence-corrected chi connectivity index (χ4v) is 0. The summed E-state index contributed by atoms with van der Waals surface area (Å²) in [4.78, 5) is 62.3. The average molecular weight is 398 g/mol. The van der Waals surface area contributed by atoms with Gasteiger partial charge >= 0.3 is 27.6 Å². The highest BCUT2D eigenvalue weighted by atomic mass is 31.2. The van der Waals surface area contributed by atoms with E-state index in [1.165, 1.54) is 13.8 Å². The molecule has 0 fully saturated rings. The van der Waals surface area contributed by atoms with Crippen molar-refractivity contribution in [1.29, 1.82) is 0 Å². The molecule has 0 rings (SSSR count). The fraction of sp³-hybridized carbons (Fsp3) is 0.400. The Morgan fingerprint density at radius 1 is 0.667 bits per heavy atom. The smallest absolute Gasteiger partial charge is 0.466 e. The highest BCUT2D eigenvalue weighted by Gasteiger charge is 2.00. The molecule has 24 heavy (non-hydrogen) atoms. The molecule has 0 aliphatic rings. The molecular formula is C10H24O12P2. The van der Waals surface area contributed by atoms with Gasteiger partial charge in [0.1, 0.15) is 0 Å². The van der Waals surface area contributed by atoms with Gasteiger partial charge in [-0.25, -0.2) is 18.7 Å². The van der Waals surface area contributed by atoms with Crippen LogP contribution in [-0.4, -0.2) is 51.5 Å². The predicted molar refractivity (Wildman–Crippen MR) is 84.8 cm³/mol. The lowest BCUT2D eigenvalue weighted by Gasteiger charge is -1.82. The molecule has 0 aromatic rings. The van der Waals surface area contributed by atoms with Gasteiger partial charge in [0.2, 0.25) is 0 Å². The molecule has 8 N–H and O–H groups in total. The van der Waals surface area contributed by atoms with E-state index in [0.29, 0.717) is 0 Å². The Morgan fingerprint density at radius 2 is 0.708 bits per heavy atom. The molecule has 146 valence electrons. The zero-order valence-corrected chi connectivity index (χ0v) is 15.3. The number of hydrogen-bond acceptors (Lipinski definition) is 4. The van der Waals surface area contributed by atoms with Crippen LogP contribution in [0.3, 0.4) is 0 Å². The Morgan fingerprint density at radius 3 is 0.708 bits per heavy atom. The van der Waals surface area contributed by atoms with Crippen LogP contribution in [-0.2, 0) is 18.7 Å². The summed E-state index contributed by atoms with van der Waals surface area (Å²) in [6, 6.07) is 0. The number of phosphoric acid groups is 2. The second kappa shape index (κ2) is 18.0. The molecule has 14 heteroatoms. The van der Waals surface area contributed by atoms with Gasteiger partial charge in [-0.05, 0) is 13.8 Å². The molecule has 0 aromatic carbocycles. The van der Waals surface area contributed by atoms with E-state index in [1.807, 2.05) is 13.8 Å². The lowest BCUT2D eigenvalue weighted by atomic mass is 10.4. The van der Waals surface area contributed by atoms with E-state index >= 15 is 0 Å². The van der Waals surface area contributed by atoms with Crippen molar-refractivity contribution in [3.8, 4) is 0 Å². The second-order valence-electron chi connectivity index (χ2n) is 3.20. The average Bonchev–Trinajstić information content (AvgIpc) is 2.27. The van der Waals surface area contributed by atoms with E-state index in [2.05, 4.69) is 13.2 Å². The Kier molecular flexibility index (Phi) is 25.5. The number of carboxylic acid groups (broad SMARTS) is 2. The van der Waals surface area contributed by atoms with E-state index in [4.69, 9.17) is 48.7 Å². The third-order valence-corrected chi connectivity index (χ3v) is 0.730. The van der Waals surface area contributed by atoms with E-state index in [1.54, 1.807) is 0 Å². The standard InChI is InChI=1S/2C4H6O2.C2H6.2H3O4P/c2*1-3(2)4(5)6;1-2;2*1-5(2,3)4/h2*1H2,2H3,(H,5,6);1-2H3;2*(H3,1,2,3,4). The van der Waals surface area contributed by atoms with Crippen molar-refractivity contribution in [1.82, 2.24) is 0 Å². The molecule has 0 radical (unpaired) electrons. The maximum atomic E-state index is 9.60. The number of carbonyl (C=O) groups is 2. The maximum absolute atomic E-state index is 9.60. The van der Waals surface area contributed by atoms with Crippen LogP contribution in [0.2, 0.25) is 0 Å². The summed E-state index contributed by atoms with van der Waals surface area (Å²) < 4.78 is 17.8. The topological polar surface area (TPSA) is 230 Å². The molecule has 0 aliphatic heterocycles. The minimum Gasteiger partial charge on any atom is -0.478 e. The lowest BCUT2D eigenvalue weighted by molar-refractivity contribution is -0.133. The first-order valence-electron chi connectivity index (χ1n) is 5.63. The molecule has 0 unspecified atom stereocenters. The summed E-state index contributed by atoms with van der Waals surface area (Å²) in [5.41, 5.74) is 0.352. The summed E-state index contributed by atoms with van der Waals surface area (Å²) in [7, 11) is -9.28. The molecule has 0 heterocycles. The van der Waals surface area contributed by atoms with Gasteiger partial charge in [-0.2, -0.15) is 0 Å². The Bertz CT molecular complexity index is 388. The van der Waals surface area contributed by atoms with E-state index in [-0.39, 0.29) is 11.1 Å². The van der Waals surface area contributed by atoms with Gasteiger partial charge < -0.3 is 39.6 Å². The van der Waals surface area contributed by atoms with Crippen LogP contribution in [0, 0.1) is 0 Å². The van der Waals surface area contributed by atoms with Crippen molar-refractivity contribution in [3.63, 3.8) is 0 Å². The van der Waals surface area contributed by atoms with Crippen LogP contribution < -0.4 is 0 Å². The minimum atomic E-state index is -4.64. The van der Waals surface area contributed by atoms with Crippen LogP contribution in [0.25, 0.3) is 0 Å². The number of aliphatic carboxylic acids is 2. The molecule has 0 amide bonds. The van der Waals surface area contributed by atoms with Crippen LogP contribution in [0.5, 0.6) is 0 Å². The lowest BCUT2D eigenvalue weighted by Crippen LogP contribution is -1.92.